The molecule has 0 saturated carbocycles. The van der Waals surface area contributed by atoms with E-state index in [2.05, 4.69) is 13.0 Å². The van der Waals surface area contributed by atoms with Gasteiger partial charge in [0.2, 0.25) is 0 Å². The fraction of sp³-hybridized carbons (Fsp3) is 0.250. The van der Waals surface area contributed by atoms with Crippen LogP contribution in [0.25, 0.3) is 10.9 Å². The lowest BCUT2D eigenvalue weighted by atomic mass is 9.73. The molecule has 0 spiro atoms. The van der Waals surface area contributed by atoms with Crippen molar-refractivity contribution >= 4 is 16.9 Å². The van der Waals surface area contributed by atoms with E-state index in [4.69, 9.17) is 5.73 Å². The van der Waals surface area contributed by atoms with Crippen molar-refractivity contribution < 1.29 is 9.18 Å². The summed E-state index contributed by atoms with van der Waals surface area (Å²) < 4.78 is 15.1. The van der Waals surface area contributed by atoms with Gasteiger partial charge in [-0.1, -0.05) is 31.2 Å². The number of carbonyl (C=O) groups is 1. The first kappa shape index (κ1) is 14.9. The Morgan fingerprint density at radius 2 is 2.21 bits per heavy atom. The highest BCUT2D eigenvalue weighted by atomic mass is 19.1. The number of para-hydroxylation sites is 1. The molecule has 3 nitrogen and oxygen atoms in total. The molecule has 1 unspecified atom stereocenters. The molecule has 121 valence electrons. The van der Waals surface area contributed by atoms with E-state index in [1.807, 2.05) is 24.4 Å². The van der Waals surface area contributed by atoms with E-state index >= 15 is 0 Å². The average molecular weight is 321 g/mol. The maximum atomic E-state index is 13.6. The first-order chi connectivity index (χ1) is 11.6. The Morgan fingerprint density at radius 1 is 1.38 bits per heavy atom. The number of fused-ring (bicyclic) bond motifs is 2. The SMILES string of the molecule is CCC1(c2cn(C(N)=O)c3[c]cccc23)CCc2cc(F)ccc21. The number of hydrogen-bond acceptors (Lipinski definition) is 1. The van der Waals surface area contributed by atoms with Gasteiger partial charge < -0.3 is 5.73 Å². The summed E-state index contributed by atoms with van der Waals surface area (Å²) in [6.45, 7) is 2.14. The number of amides is 1. The smallest absolute Gasteiger partial charge is 0.323 e. The first-order valence-corrected chi connectivity index (χ1v) is 8.18. The molecular formula is C20H18FN2O. The maximum Gasteiger partial charge on any atom is 0.323 e. The van der Waals surface area contributed by atoms with Crippen molar-refractivity contribution in [2.24, 2.45) is 5.73 Å². The number of halogens is 1. The number of aromatic nitrogens is 1. The molecule has 1 heterocycles. The topological polar surface area (TPSA) is 48.0 Å². The minimum atomic E-state index is -0.516. The van der Waals surface area contributed by atoms with Crippen LogP contribution < -0.4 is 5.73 Å². The van der Waals surface area contributed by atoms with Gasteiger partial charge in [-0.15, -0.1) is 0 Å². The van der Waals surface area contributed by atoms with Gasteiger partial charge in [-0.05, 0) is 48.1 Å². The van der Waals surface area contributed by atoms with Crippen LogP contribution in [0.4, 0.5) is 9.18 Å². The third-order valence-electron chi connectivity index (χ3n) is 5.38. The molecule has 3 aromatic rings. The second kappa shape index (κ2) is 5.20. The Labute approximate surface area is 139 Å². The number of aryl methyl sites for hydroxylation is 1. The lowest BCUT2D eigenvalue weighted by Crippen LogP contribution is -2.24. The largest absolute Gasteiger partial charge is 0.351 e. The molecule has 24 heavy (non-hydrogen) atoms. The van der Waals surface area contributed by atoms with Crippen LogP contribution in [0.15, 0.2) is 42.6 Å². The fourth-order valence-corrected chi connectivity index (χ4v) is 4.22. The van der Waals surface area contributed by atoms with E-state index in [-0.39, 0.29) is 11.2 Å². The number of nitrogens with two attached hydrogens (primary N) is 1. The number of rotatable bonds is 2. The van der Waals surface area contributed by atoms with E-state index in [0.717, 1.165) is 41.3 Å². The molecule has 2 aromatic carbocycles. The molecule has 0 aliphatic heterocycles. The minimum Gasteiger partial charge on any atom is -0.351 e. The van der Waals surface area contributed by atoms with Gasteiger partial charge in [0.15, 0.2) is 0 Å². The van der Waals surface area contributed by atoms with Crippen LogP contribution in [0, 0.1) is 11.9 Å². The second-order valence-electron chi connectivity index (χ2n) is 6.42. The van der Waals surface area contributed by atoms with Gasteiger partial charge >= 0.3 is 6.03 Å². The lowest BCUT2D eigenvalue weighted by molar-refractivity contribution is 0.251. The van der Waals surface area contributed by atoms with Crippen molar-refractivity contribution in [1.29, 1.82) is 0 Å². The van der Waals surface area contributed by atoms with E-state index in [1.54, 1.807) is 12.1 Å². The molecule has 0 fully saturated rings. The van der Waals surface area contributed by atoms with E-state index in [9.17, 15) is 9.18 Å². The Bertz CT molecular complexity index is 959. The summed E-state index contributed by atoms with van der Waals surface area (Å²) in [5, 5.41) is 0.982. The summed E-state index contributed by atoms with van der Waals surface area (Å²) in [5.74, 6) is -0.200. The number of primary amides is 1. The highest BCUT2D eigenvalue weighted by Gasteiger charge is 2.41. The lowest BCUT2D eigenvalue weighted by Gasteiger charge is -2.29. The summed E-state index contributed by atoms with van der Waals surface area (Å²) in [7, 11) is 0. The zero-order valence-corrected chi connectivity index (χ0v) is 13.5. The standard InChI is InChI=1S/C20H18FN2O/c1-2-20(10-9-13-11-14(21)7-8-16(13)20)17-12-23(19(22)24)18-6-4-3-5-15(17)18/h3-5,7-8,11-12H,2,9-10H2,1H3,(H2,22,24). The quantitative estimate of drug-likeness (QED) is 0.757. The summed E-state index contributed by atoms with van der Waals surface area (Å²) in [5.41, 5.74) is 9.29. The van der Waals surface area contributed by atoms with Gasteiger partial charge in [0.05, 0.1) is 5.52 Å². The van der Waals surface area contributed by atoms with Crippen LogP contribution in [-0.4, -0.2) is 10.6 Å². The second-order valence-corrected chi connectivity index (χ2v) is 6.42. The molecule has 1 atom stereocenters. The van der Waals surface area contributed by atoms with Crippen molar-refractivity contribution in [1.82, 2.24) is 4.57 Å². The Kier molecular flexibility index (Phi) is 3.23. The van der Waals surface area contributed by atoms with E-state index in [1.165, 1.54) is 10.6 Å². The van der Waals surface area contributed by atoms with Gasteiger partial charge in [-0.3, -0.25) is 4.57 Å². The molecule has 0 saturated heterocycles. The van der Waals surface area contributed by atoms with E-state index in [0.29, 0.717) is 5.52 Å². The first-order valence-electron chi connectivity index (χ1n) is 8.18. The summed E-state index contributed by atoms with van der Waals surface area (Å²) in [6.07, 6.45) is 4.44. The molecule has 4 heteroatoms. The molecule has 0 bridgehead atoms. The highest BCUT2D eigenvalue weighted by Crippen LogP contribution is 2.49. The molecule has 1 aliphatic carbocycles. The van der Waals surface area contributed by atoms with Crippen LogP contribution in [0.1, 0.15) is 36.5 Å². The Balaban J connectivity index is 2.02. The molecular weight excluding hydrogens is 303 g/mol. The van der Waals surface area contributed by atoms with Crippen LogP contribution >= 0.6 is 0 Å². The van der Waals surface area contributed by atoms with Crippen LogP contribution in [0.5, 0.6) is 0 Å². The van der Waals surface area contributed by atoms with Crippen molar-refractivity contribution in [2.45, 2.75) is 31.6 Å². The zero-order valence-electron chi connectivity index (χ0n) is 13.5. The zero-order chi connectivity index (χ0) is 16.9. The third-order valence-corrected chi connectivity index (χ3v) is 5.38. The van der Waals surface area contributed by atoms with Crippen molar-refractivity contribution in [3.05, 3.63) is 71.2 Å². The highest BCUT2D eigenvalue weighted by molar-refractivity contribution is 5.94. The average Bonchev–Trinajstić information content (AvgIpc) is 3.14. The summed E-state index contributed by atoms with van der Waals surface area (Å²) >= 11 is 0. The van der Waals surface area contributed by atoms with Crippen LogP contribution in [0.3, 0.4) is 0 Å². The molecule has 4 rings (SSSR count). The van der Waals surface area contributed by atoms with Crippen molar-refractivity contribution in [3.8, 4) is 0 Å². The Morgan fingerprint density at radius 3 is 2.96 bits per heavy atom. The van der Waals surface area contributed by atoms with Crippen molar-refractivity contribution in [2.75, 3.05) is 0 Å². The van der Waals surface area contributed by atoms with Crippen molar-refractivity contribution in [3.63, 3.8) is 0 Å². The monoisotopic (exact) mass is 321 g/mol. The fourth-order valence-electron chi connectivity index (χ4n) is 4.22. The summed E-state index contributed by atoms with van der Waals surface area (Å²) in [6, 6.07) is 13.3. The summed E-state index contributed by atoms with van der Waals surface area (Å²) in [4.78, 5) is 11.8. The molecule has 2 N–H and O–H groups in total. The van der Waals surface area contributed by atoms with Gasteiger partial charge in [-0.25, -0.2) is 9.18 Å². The molecule has 1 amide bonds. The molecule has 1 aliphatic rings. The number of carbonyl (C=O) groups excluding carboxylic acids is 1. The predicted octanol–water partition coefficient (Wildman–Crippen LogP) is 4.15. The Hall–Kier alpha value is -2.62. The molecule has 1 radical (unpaired) electrons. The van der Waals surface area contributed by atoms with Crippen LogP contribution in [-0.2, 0) is 11.8 Å². The number of nitrogens with zero attached hydrogens (tertiary/aromatic N) is 1. The minimum absolute atomic E-state index is 0.200. The third kappa shape index (κ3) is 1.92. The van der Waals surface area contributed by atoms with Gasteiger partial charge in [-0.2, -0.15) is 0 Å². The normalized spacial score (nSPS) is 19.6. The molecule has 1 aromatic heterocycles. The number of benzene rings is 2. The maximum absolute atomic E-state index is 13.6. The van der Waals surface area contributed by atoms with Gasteiger partial charge in [0.1, 0.15) is 5.82 Å². The predicted molar refractivity (Wildman–Crippen MR) is 91.5 cm³/mol. The van der Waals surface area contributed by atoms with Gasteiger partial charge in [0, 0.05) is 23.1 Å². The van der Waals surface area contributed by atoms with Gasteiger partial charge in [0.25, 0.3) is 0 Å². The van der Waals surface area contributed by atoms with Crippen LogP contribution in [0.2, 0.25) is 0 Å². The van der Waals surface area contributed by atoms with E-state index < -0.39 is 6.03 Å². The number of hydrogen-bond donors (Lipinski definition) is 1.